The number of esters is 3. The fourth-order valence-electron chi connectivity index (χ4n) is 3.59. The number of hydrogen-bond donors (Lipinski definition) is 0. The molecule has 0 saturated carbocycles. The first-order valence-corrected chi connectivity index (χ1v) is 16.0. The highest BCUT2D eigenvalue weighted by Gasteiger charge is 2.30. The zero-order valence-electron chi connectivity index (χ0n) is 20.7. The monoisotopic (exact) mass is 914 g/mol. The molecule has 206 valence electrons. The first-order valence-electron chi connectivity index (χ1n) is 11.2. The maximum atomic E-state index is 13.3. The predicted molar refractivity (Wildman–Crippen MR) is 169 cm³/mol. The minimum absolute atomic E-state index is 0.285. The quantitative estimate of drug-likeness (QED) is 0.166. The lowest BCUT2D eigenvalue weighted by Gasteiger charge is -2.18. The van der Waals surface area contributed by atoms with Gasteiger partial charge in [-0.15, -0.1) is 0 Å². The summed E-state index contributed by atoms with van der Waals surface area (Å²) < 4.78 is 20.9. The Kier molecular flexibility index (Phi) is 11.8. The lowest BCUT2D eigenvalue weighted by atomic mass is 10.0. The fraction of sp³-hybridized carbons (Fsp3) is 0.222. The van der Waals surface area contributed by atoms with Crippen molar-refractivity contribution in [3.8, 4) is 17.2 Å². The van der Waals surface area contributed by atoms with Crippen molar-refractivity contribution >= 4 is 113 Å². The third-order valence-electron chi connectivity index (χ3n) is 5.38. The van der Waals surface area contributed by atoms with Gasteiger partial charge in [0.25, 0.3) is 0 Å². The minimum atomic E-state index is -1.18. The summed E-state index contributed by atoms with van der Waals surface area (Å²) in [5.41, 5.74) is 2.08. The van der Waals surface area contributed by atoms with Crippen molar-refractivity contribution in [2.45, 2.75) is 33.6 Å². The Hall–Kier alpha value is -1.05. The van der Waals surface area contributed by atoms with Crippen molar-refractivity contribution in [3.05, 3.63) is 79.9 Å². The second kappa shape index (κ2) is 14.2. The standard InChI is InChI=1S/C27H20Br6O6/c1-12-4-16(28)9-19(31)24(12)37-22(34)7-15(27(36)39-26-14(3)6-18(30)11-21(26)33)8-23(35)38-25-13(2)5-17(29)10-20(25)32/h4-6,9-11,15H,7-8H2,1-3H3. The number of hydrogen-bond acceptors (Lipinski definition) is 6. The van der Waals surface area contributed by atoms with Crippen LogP contribution in [0.4, 0.5) is 0 Å². The Labute approximate surface area is 276 Å². The van der Waals surface area contributed by atoms with E-state index >= 15 is 0 Å². The Bertz CT molecular complexity index is 1310. The van der Waals surface area contributed by atoms with E-state index in [1.807, 2.05) is 0 Å². The molecule has 0 radical (unpaired) electrons. The molecule has 0 aliphatic rings. The molecule has 0 saturated heterocycles. The van der Waals surface area contributed by atoms with E-state index in [4.69, 9.17) is 14.2 Å². The topological polar surface area (TPSA) is 78.9 Å². The van der Waals surface area contributed by atoms with Crippen molar-refractivity contribution < 1.29 is 28.6 Å². The largest absolute Gasteiger partial charge is 0.425 e. The molecule has 0 fully saturated rings. The van der Waals surface area contributed by atoms with Crippen LogP contribution in [0, 0.1) is 26.7 Å². The molecule has 0 bridgehead atoms. The van der Waals surface area contributed by atoms with Crippen LogP contribution in [0.5, 0.6) is 17.2 Å². The Balaban J connectivity index is 1.85. The number of ether oxygens (including phenoxy) is 3. The van der Waals surface area contributed by atoms with Crippen LogP contribution in [-0.4, -0.2) is 17.9 Å². The lowest BCUT2D eigenvalue weighted by molar-refractivity contribution is -0.149. The van der Waals surface area contributed by atoms with Gasteiger partial charge in [-0.25, -0.2) is 0 Å². The summed E-state index contributed by atoms with van der Waals surface area (Å²) in [7, 11) is 0. The van der Waals surface area contributed by atoms with E-state index in [9.17, 15) is 14.4 Å². The van der Waals surface area contributed by atoms with Crippen LogP contribution >= 0.6 is 95.6 Å². The highest BCUT2D eigenvalue weighted by molar-refractivity contribution is 9.11. The van der Waals surface area contributed by atoms with Crippen molar-refractivity contribution in [2.75, 3.05) is 0 Å². The molecular formula is C27H20Br6O6. The molecule has 3 aromatic carbocycles. The van der Waals surface area contributed by atoms with Gasteiger partial charge in [0.05, 0.1) is 32.2 Å². The number of aryl methyl sites for hydroxylation is 3. The summed E-state index contributed by atoms with van der Waals surface area (Å²) in [4.78, 5) is 39.3. The van der Waals surface area contributed by atoms with Crippen LogP contribution in [0.1, 0.15) is 29.5 Å². The summed E-state index contributed by atoms with van der Waals surface area (Å²) in [6.45, 7) is 5.35. The molecule has 0 aliphatic heterocycles. The molecule has 6 nitrogen and oxygen atoms in total. The summed E-state index contributed by atoms with van der Waals surface area (Å²) in [6, 6.07) is 10.6. The van der Waals surface area contributed by atoms with Crippen LogP contribution in [-0.2, 0) is 14.4 Å². The van der Waals surface area contributed by atoms with E-state index in [2.05, 4.69) is 95.6 Å². The number of carbonyl (C=O) groups excluding carboxylic acids is 3. The maximum Gasteiger partial charge on any atom is 0.315 e. The van der Waals surface area contributed by atoms with Gasteiger partial charge in [-0.1, -0.05) is 47.8 Å². The van der Waals surface area contributed by atoms with Gasteiger partial charge in [-0.3, -0.25) is 14.4 Å². The minimum Gasteiger partial charge on any atom is -0.425 e. The van der Waals surface area contributed by atoms with Gasteiger partial charge in [0.15, 0.2) is 0 Å². The van der Waals surface area contributed by atoms with Gasteiger partial charge in [-0.2, -0.15) is 0 Å². The van der Waals surface area contributed by atoms with Gasteiger partial charge < -0.3 is 14.2 Å². The van der Waals surface area contributed by atoms with Crippen LogP contribution in [0.3, 0.4) is 0 Å². The summed E-state index contributed by atoms with van der Waals surface area (Å²) in [5, 5.41) is 0. The first kappa shape index (κ1) is 32.5. The van der Waals surface area contributed by atoms with Gasteiger partial charge >= 0.3 is 17.9 Å². The second-order valence-electron chi connectivity index (χ2n) is 8.58. The smallest absolute Gasteiger partial charge is 0.315 e. The van der Waals surface area contributed by atoms with E-state index in [-0.39, 0.29) is 5.75 Å². The molecule has 0 aliphatic carbocycles. The normalized spacial score (nSPS) is 10.9. The maximum absolute atomic E-state index is 13.3. The van der Waals surface area contributed by atoms with Crippen molar-refractivity contribution in [1.82, 2.24) is 0 Å². The van der Waals surface area contributed by atoms with E-state index in [0.29, 0.717) is 41.6 Å². The molecule has 12 heteroatoms. The predicted octanol–water partition coefficient (Wildman–Crippen LogP) is 9.70. The SMILES string of the molecule is Cc1cc(Br)cc(Br)c1OC(=O)CC(CC(=O)Oc1c(C)cc(Br)cc1Br)C(=O)Oc1c(C)cc(Br)cc1Br. The first-order chi connectivity index (χ1) is 18.2. The molecule has 39 heavy (non-hydrogen) atoms. The van der Waals surface area contributed by atoms with Crippen LogP contribution in [0.15, 0.2) is 63.2 Å². The average molecular weight is 920 g/mol. The average Bonchev–Trinajstić information content (AvgIpc) is 2.80. The van der Waals surface area contributed by atoms with Crippen LogP contribution < -0.4 is 14.2 Å². The number of rotatable bonds is 8. The van der Waals surface area contributed by atoms with Gasteiger partial charge in [0, 0.05) is 13.4 Å². The molecule has 0 atom stereocenters. The molecule has 3 aromatic rings. The molecule has 0 unspecified atom stereocenters. The van der Waals surface area contributed by atoms with Crippen LogP contribution in [0.2, 0.25) is 0 Å². The van der Waals surface area contributed by atoms with E-state index in [0.717, 1.165) is 13.4 Å². The summed E-state index contributed by atoms with van der Waals surface area (Å²) in [6.07, 6.45) is -0.826. The van der Waals surface area contributed by atoms with E-state index in [1.165, 1.54) is 0 Å². The second-order valence-corrected chi connectivity index (χ2v) is 13.9. The van der Waals surface area contributed by atoms with E-state index in [1.54, 1.807) is 57.2 Å². The fourth-order valence-corrected chi connectivity index (χ4v) is 8.15. The molecule has 0 spiro atoms. The Morgan fingerprint density at radius 1 is 0.564 bits per heavy atom. The van der Waals surface area contributed by atoms with Crippen molar-refractivity contribution in [2.24, 2.45) is 5.92 Å². The lowest BCUT2D eigenvalue weighted by Crippen LogP contribution is -2.29. The molecule has 0 N–H and O–H groups in total. The highest BCUT2D eigenvalue weighted by atomic mass is 79.9. The molecule has 0 heterocycles. The number of carbonyl (C=O) groups is 3. The number of halogens is 6. The molecule has 0 aromatic heterocycles. The Morgan fingerprint density at radius 2 is 0.872 bits per heavy atom. The van der Waals surface area contributed by atoms with Crippen LogP contribution in [0.25, 0.3) is 0 Å². The molecular weight excluding hydrogens is 900 g/mol. The van der Waals surface area contributed by atoms with Gasteiger partial charge in [0.2, 0.25) is 0 Å². The third kappa shape index (κ3) is 8.97. The molecule has 0 amide bonds. The third-order valence-corrected chi connectivity index (χ3v) is 8.52. The summed E-state index contributed by atoms with van der Waals surface area (Å²) in [5.74, 6) is -2.44. The summed E-state index contributed by atoms with van der Waals surface area (Å²) >= 11 is 20.4. The molecule has 3 rings (SSSR count). The van der Waals surface area contributed by atoms with Crippen molar-refractivity contribution in [1.29, 1.82) is 0 Å². The van der Waals surface area contributed by atoms with E-state index < -0.39 is 36.7 Å². The highest BCUT2D eigenvalue weighted by Crippen LogP contribution is 2.36. The zero-order valence-corrected chi connectivity index (χ0v) is 30.2. The van der Waals surface area contributed by atoms with Gasteiger partial charge in [-0.05, 0) is 122 Å². The number of benzene rings is 3. The zero-order chi connectivity index (χ0) is 29.0. The van der Waals surface area contributed by atoms with Crippen molar-refractivity contribution in [3.63, 3.8) is 0 Å². The Morgan fingerprint density at radius 3 is 1.18 bits per heavy atom. The van der Waals surface area contributed by atoms with Gasteiger partial charge in [0.1, 0.15) is 17.2 Å².